The van der Waals surface area contributed by atoms with Gasteiger partial charge in [-0.2, -0.15) is 0 Å². The highest BCUT2D eigenvalue weighted by atomic mass is 16.5. The minimum atomic E-state index is -0.289. The predicted octanol–water partition coefficient (Wildman–Crippen LogP) is 1.08. The maximum absolute atomic E-state index is 10.7. The van der Waals surface area contributed by atoms with Crippen molar-refractivity contribution in [1.29, 1.82) is 0 Å². The number of hydrogen-bond donors (Lipinski definition) is 0. The van der Waals surface area contributed by atoms with Gasteiger partial charge in [-0.1, -0.05) is 5.57 Å². The number of hydrogen-bond acceptors (Lipinski definition) is 3. The number of allylic oxidation sites excluding steroid dienone is 1. The van der Waals surface area contributed by atoms with Crippen LogP contribution in [0.3, 0.4) is 0 Å². The highest BCUT2D eigenvalue weighted by Gasteiger charge is 2.00. The molecule has 0 heterocycles. The van der Waals surface area contributed by atoms with Crippen molar-refractivity contribution in [3.8, 4) is 0 Å². The van der Waals surface area contributed by atoms with E-state index >= 15 is 0 Å². The molecular weight excluding hydrogens is 144 g/mol. The third kappa shape index (κ3) is 5.33. The molecule has 0 aliphatic heterocycles. The lowest BCUT2D eigenvalue weighted by Crippen LogP contribution is -2.03. The first-order valence-electron chi connectivity index (χ1n) is 3.47. The van der Waals surface area contributed by atoms with Crippen molar-refractivity contribution in [3.63, 3.8) is 0 Å². The van der Waals surface area contributed by atoms with Crippen LogP contribution in [0, 0.1) is 0 Å². The van der Waals surface area contributed by atoms with E-state index in [1.807, 2.05) is 0 Å². The normalized spacial score (nSPS) is 10.9. The Hall–Kier alpha value is -1.12. The van der Waals surface area contributed by atoms with Gasteiger partial charge in [0.15, 0.2) is 0 Å². The fraction of sp³-hybridized carbons (Fsp3) is 0.500. The first-order valence-corrected chi connectivity index (χ1v) is 3.47. The van der Waals surface area contributed by atoms with Crippen molar-refractivity contribution in [1.82, 2.24) is 0 Å². The van der Waals surface area contributed by atoms with Gasteiger partial charge < -0.3 is 4.74 Å². The molecule has 0 atom stereocenters. The van der Waals surface area contributed by atoms with Crippen molar-refractivity contribution in [2.75, 3.05) is 6.61 Å². The van der Waals surface area contributed by atoms with Crippen molar-refractivity contribution in [2.24, 2.45) is 0 Å². The average molecular weight is 156 g/mol. The quantitative estimate of drug-likeness (QED) is 0.347. The molecule has 0 bridgehead atoms. The molecule has 0 rings (SSSR count). The van der Waals surface area contributed by atoms with Gasteiger partial charge in [0.05, 0.1) is 13.0 Å². The van der Waals surface area contributed by atoms with E-state index in [1.165, 1.54) is 6.08 Å². The van der Waals surface area contributed by atoms with Gasteiger partial charge in [-0.05, 0) is 19.9 Å². The summed E-state index contributed by atoms with van der Waals surface area (Å²) in [4.78, 5) is 20.7. The van der Waals surface area contributed by atoms with Crippen molar-refractivity contribution >= 4 is 12.3 Å². The van der Waals surface area contributed by atoms with E-state index < -0.39 is 0 Å². The minimum absolute atomic E-state index is 0.201. The summed E-state index contributed by atoms with van der Waals surface area (Å²) >= 11 is 0. The fourth-order valence-electron chi connectivity index (χ4n) is 0.615. The molecule has 0 unspecified atom stereocenters. The Labute approximate surface area is 66.0 Å². The molecule has 3 nitrogen and oxygen atoms in total. The van der Waals surface area contributed by atoms with Gasteiger partial charge in [-0.15, -0.1) is 0 Å². The molecule has 0 aromatic rings. The van der Waals surface area contributed by atoms with Crippen LogP contribution in [0.2, 0.25) is 0 Å². The molecule has 3 heteroatoms. The smallest absolute Gasteiger partial charge is 0.309 e. The summed E-state index contributed by atoms with van der Waals surface area (Å²) in [6.45, 7) is 3.84. The van der Waals surface area contributed by atoms with Crippen LogP contribution in [-0.4, -0.2) is 18.9 Å². The molecule has 0 spiro atoms. The first-order chi connectivity index (χ1) is 5.20. The lowest BCUT2D eigenvalue weighted by molar-refractivity contribution is -0.142. The third-order valence-electron chi connectivity index (χ3n) is 1.08. The molecule has 0 fully saturated rings. The zero-order valence-electron chi connectivity index (χ0n) is 6.79. The van der Waals surface area contributed by atoms with E-state index in [9.17, 15) is 9.59 Å². The summed E-state index contributed by atoms with van der Waals surface area (Å²) in [6, 6.07) is 0. The number of rotatable bonds is 4. The Morgan fingerprint density at radius 3 is 2.64 bits per heavy atom. The van der Waals surface area contributed by atoms with Gasteiger partial charge in [0, 0.05) is 0 Å². The summed E-state index contributed by atoms with van der Waals surface area (Å²) in [7, 11) is 0. The van der Waals surface area contributed by atoms with Crippen molar-refractivity contribution in [3.05, 3.63) is 11.6 Å². The molecule has 0 aromatic carbocycles. The number of esters is 1. The van der Waals surface area contributed by atoms with Gasteiger partial charge in [-0.3, -0.25) is 9.59 Å². The molecule has 11 heavy (non-hydrogen) atoms. The van der Waals surface area contributed by atoms with Gasteiger partial charge >= 0.3 is 5.97 Å². The number of carbonyl (C=O) groups is 2. The number of carbonyl (C=O) groups excluding carboxylic acids is 2. The Balaban J connectivity index is 3.74. The van der Waals surface area contributed by atoms with Gasteiger partial charge in [0.25, 0.3) is 0 Å². The first kappa shape index (κ1) is 9.88. The lowest BCUT2D eigenvalue weighted by Gasteiger charge is -1.99. The van der Waals surface area contributed by atoms with E-state index in [-0.39, 0.29) is 12.4 Å². The van der Waals surface area contributed by atoms with Gasteiger partial charge in [0.2, 0.25) is 0 Å². The number of aldehydes is 1. The van der Waals surface area contributed by atoms with E-state index in [2.05, 4.69) is 4.74 Å². The SMILES string of the molecule is CCOC(=O)C/C(C)=C/C=O. The molecule has 0 amide bonds. The Bertz CT molecular complexity index is 170. The molecule has 62 valence electrons. The largest absolute Gasteiger partial charge is 0.466 e. The van der Waals surface area contributed by atoms with Gasteiger partial charge in [0.1, 0.15) is 6.29 Å². The van der Waals surface area contributed by atoms with Crippen molar-refractivity contribution in [2.45, 2.75) is 20.3 Å². The molecule has 0 aliphatic carbocycles. The second-order valence-corrected chi connectivity index (χ2v) is 2.13. The topological polar surface area (TPSA) is 43.4 Å². The summed E-state index contributed by atoms with van der Waals surface area (Å²) in [5.74, 6) is -0.289. The molecule has 0 saturated carbocycles. The second-order valence-electron chi connectivity index (χ2n) is 2.13. The standard InChI is InChI=1S/C8H12O3/c1-3-11-8(10)6-7(2)4-5-9/h4-5H,3,6H2,1-2H3/b7-4+. The average Bonchev–Trinajstić information content (AvgIpc) is 1.87. The Kier molecular flexibility index (Phi) is 5.07. The van der Waals surface area contributed by atoms with Crippen LogP contribution in [0.1, 0.15) is 20.3 Å². The van der Waals surface area contributed by atoms with Crippen LogP contribution in [0.4, 0.5) is 0 Å². The van der Waals surface area contributed by atoms with Crippen LogP contribution in [-0.2, 0) is 14.3 Å². The molecule has 0 radical (unpaired) electrons. The third-order valence-corrected chi connectivity index (χ3v) is 1.08. The van der Waals surface area contributed by atoms with E-state index in [1.54, 1.807) is 13.8 Å². The molecule has 0 N–H and O–H groups in total. The Morgan fingerprint density at radius 2 is 2.18 bits per heavy atom. The highest BCUT2D eigenvalue weighted by Crippen LogP contribution is 1.99. The minimum Gasteiger partial charge on any atom is -0.466 e. The number of ether oxygens (including phenoxy) is 1. The highest BCUT2D eigenvalue weighted by molar-refractivity contribution is 5.75. The zero-order chi connectivity index (χ0) is 8.69. The maximum atomic E-state index is 10.7. The maximum Gasteiger partial charge on any atom is 0.309 e. The molecule has 0 aliphatic rings. The van der Waals surface area contributed by atoms with E-state index in [4.69, 9.17) is 0 Å². The monoisotopic (exact) mass is 156 g/mol. The second kappa shape index (κ2) is 5.65. The van der Waals surface area contributed by atoms with Crippen LogP contribution in [0.25, 0.3) is 0 Å². The molecule has 0 saturated heterocycles. The van der Waals surface area contributed by atoms with Crippen LogP contribution >= 0.6 is 0 Å². The van der Waals surface area contributed by atoms with Crippen LogP contribution < -0.4 is 0 Å². The summed E-state index contributed by atoms with van der Waals surface area (Å²) in [6.07, 6.45) is 2.22. The lowest BCUT2D eigenvalue weighted by atomic mass is 10.2. The predicted molar refractivity (Wildman–Crippen MR) is 41.1 cm³/mol. The van der Waals surface area contributed by atoms with Crippen molar-refractivity contribution < 1.29 is 14.3 Å². The zero-order valence-corrected chi connectivity index (χ0v) is 6.79. The Morgan fingerprint density at radius 1 is 1.55 bits per heavy atom. The van der Waals surface area contributed by atoms with Crippen LogP contribution in [0.15, 0.2) is 11.6 Å². The molecular formula is C8H12O3. The molecule has 0 aromatic heterocycles. The summed E-state index contributed by atoms with van der Waals surface area (Å²) < 4.78 is 4.66. The summed E-state index contributed by atoms with van der Waals surface area (Å²) in [5.41, 5.74) is 0.721. The fourth-order valence-corrected chi connectivity index (χ4v) is 0.615. The summed E-state index contributed by atoms with van der Waals surface area (Å²) in [5, 5.41) is 0. The van der Waals surface area contributed by atoms with E-state index in [0.29, 0.717) is 12.9 Å². The van der Waals surface area contributed by atoms with Gasteiger partial charge in [-0.25, -0.2) is 0 Å². The van der Waals surface area contributed by atoms with E-state index in [0.717, 1.165) is 5.57 Å². The van der Waals surface area contributed by atoms with Crippen LogP contribution in [0.5, 0.6) is 0 Å².